The van der Waals surface area contributed by atoms with Crippen molar-refractivity contribution in [3.8, 4) is 0 Å². The van der Waals surface area contributed by atoms with Crippen LogP contribution >= 0.6 is 0 Å². The molecule has 1 aromatic rings. The van der Waals surface area contributed by atoms with E-state index >= 15 is 0 Å². The summed E-state index contributed by atoms with van der Waals surface area (Å²) in [6.45, 7) is 0. The summed E-state index contributed by atoms with van der Waals surface area (Å²) < 4.78 is 8.74. The van der Waals surface area contributed by atoms with E-state index in [-0.39, 0.29) is 17.4 Å². The van der Waals surface area contributed by atoms with Crippen molar-refractivity contribution in [2.75, 3.05) is 0 Å². The van der Waals surface area contributed by atoms with Gasteiger partial charge in [-0.15, -0.1) is 0 Å². The molecule has 0 radical (unpaired) electrons. The van der Waals surface area contributed by atoms with Gasteiger partial charge in [0.25, 0.3) is 11.8 Å². The van der Waals surface area contributed by atoms with Crippen molar-refractivity contribution in [2.24, 2.45) is 17.7 Å². The molecule has 4 saturated carbocycles. The van der Waals surface area contributed by atoms with Gasteiger partial charge < -0.3 is 0 Å². The lowest BCUT2D eigenvalue weighted by Gasteiger charge is -2.59. The van der Waals surface area contributed by atoms with Crippen LogP contribution in [-0.4, -0.2) is 22.3 Å². The van der Waals surface area contributed by atoms with Crippen molar-refractivity contribution in [2.45, 2.75) is 44.1 Å². The number of hydrogen-bond donors (Lipinski definition) is 0. The first-order chi connectivity index (χ1) is 10.5. The number of hydrogen-bond acceptors (Lipinski definition) is 2. The standard InChI is InChI=1S/C18H19NO2/c20-16-14-3-1-2-4-15(14)17(21)19(16)18-8-11-5-12(9-18)7-13(6-11)10-18/h1-4,11-13H,5-10H2/i11D. The molecule has 1 heterocycles. The minimum Gasteiger partial charge on any atom is -0.269 e. The van der Waals surface area contributed by atoms with Gasteiger partial charge in [0.2, 0.25) is 0 Å². The van der Waals surface area contributed by atoms with E-state index < -0.39 is 5.89 Å². The van der Waals surface area contributed by atoms with E-state index in [1.165, 1.54) is 6.42 Å². The van der Waals surface area contributed by atoms with Crippen LogP contribution in [0.1, 0.15) is 60.6 Å². The lowest BCUT2D eigenvalue weighted by molar-refractivity contribution is -0.0620. The van der Waals surface area contributed by atoms with Crippen LogP contribution < -0.4 is 0 Å². The molecule has 2 unspecified atom stereocenters. The van der Waals surface area contributed by atoms with E-state index in [9.17, 15) is 9.59 Å². The van der Waals surface area contributed by atoms with E-state index in [4.69, 9.17) is 1.37 Å². The van der Waals surface area contributed by atoms with Crippen LogP contribution in [0.2, 0.25) is 0 Å². The highest BCUT2D eigenvalue weighted by atomic mass is 16.2. The summed E-state index contributed by atoms with van der Waals surface area (Å²) in [6, 6.07) is 7.15. The van der Waals surface area contributed by atoms with E-state index in [2.05, 4.69) is 0 Å². The molecule has 5 aliphatic rings. The summed E-state index contributed by atoms with van der Waals surface area (Å²) in [5, 5.41) is 0. The van der Waals surface area contributed by atoms with Crippen molar-refractivity contribution in [1.82, 2.24) is 4.90 Å². The molecule has 4 aliphatic carbocycles. The number of amides is 2. The zero-order valence-electron chi connectivity index (χ0n) is 13.0. The summed E-state index contributed by atoms with van der Waals surface area (Å²) >= 11 is 0. The van der Waals surface area contributed by atoms with Crippen molar-refractivity contribution in [3.05, 3.63) is 35.4 Å². The Morgan fingerprint density at radius 1 is 0.952 bits per heavy atom. The summed E-state index contributed by atoms with van der Waals surface area (Å²) in [6.07, 6.45) is 5.60. The van der Waals surface area contributed by atoms with Crippen LogP contribution in [0.3, 0.4) is 0 Å². The lowest BCUT2D eigenvalue weighted by Crippen LogP contribution is -2.61. The molecule has 1 aromatic carbocycles. The second-order valence-electron chi connectivity index (χ2n) is 7.43. The molecular formula is C18H19NO2. The van der Waals surface area contributed by atoms with Gasteiger partial charge in [0, 0.05) is 1.37 Å². The van der Waals surface area contributed by atoms with E-state index in [0.29, 0.717) is 29.4 Å². The second kappa shape index (κ2) is 3.76. The maximum Gasteiger partial charge on any atom is 0.262 e. The third-order valence-corrected chi connectivity index (χ3v) is 6.01. The van der Waals surface area contributed by atoms with Crippen LogP contribution in [0.4, 0.5) is 0 Å². The topological polar surface area (TPSA) is 37.4 Å². The van der Waals surface area contributed by atoms with Crippen molar-refractivity contribution >= 4 is 11.8 Å². The Labute approximate surface area is 125 Å². The van der Waals surface area contributed by atoms with E-state index in [0.717, 1.165) is 25.7 Å². The molecule has 21 heavy (non-hydrogen) atoms. The summed E-state index contributed by atoms with van der Waals surface area (Å²) in [5.41, 5.74) is 0.698. The largest absolute Gasteiger partial charge is 0.269 e. The summed E-state index contributed by atoms with van der Waals surface area (Å²) in [4.78, 5) is 27.3. The minimum atomic E-state index is -0.417. The fraction of sp³-hybridized carbons (Fsp3) is 0.556. The monoisotopic (exact) mass is 282 g/mol. The maximum absolute atomic E-state index is 12.9. The zero-order valence-corrected chi connectivity index (χ0v) is 12.0. The predicted octanol–water partition coefficient (Wildman–Crippen LogP) is 3.25. The van der Waals surface area contributed by atoms with Gasteiger partial charge in [-0.3, -0.25) is 14.5 Å². The second-order valence-corrected chi connectivity index (χ2v) is 7.43. The quantitative estimate of drug-likeness (QED) is 0.741. The van der Waals surface area contributed by atoms with Crippen LogP contribution in [0.15, 0.2) is 24.3 Å². The number of imide groups is 1. The lowest BCUT2D eigenvalue weighted by atomic mass is 9.52. The smallest absolute Gasteiger partial charge is 0.262 e. The minimum absolute atomic E-state index is 0.133. The highest BCUT2D eigenvalue weighted by Gasteiger charge is 2.58. The highest BCUT2D eigenvalue weighted by molar-refractivity contribution is 6.21. The van der Waals surface area contributed by atoms with Crippen molar-refractivity contribution in [3.63, 3.8) is 0 Å². The third-order valence-electron chi connectivity index (χ3n) is 6.01. The highest BCUT2D eigenvalue weighted by Crippen LogP contribution is 2.58. The molecule has 1 aliphatic heterocycles. The average Bonchev–Trinajstić information content (AvgIpc) is 2.69. The maximum atomic E-state index is 12.9. The molecule has 108 valence electrons. The number of carbonyl (C=O) groups is 2. The Hall–Kier alpha value is -1.64. The molecule has 2 atom stereocenters. The number of nitrogens with zero attached hydrogens (tertiary/aromatic N) is 1. The Balaban J connectivity index is 1.61. The number of fused-ring (bicyclic) bond motifs is 1. The van der Waals surface area contributed by atoms with Crippen molar-refractivity contribution in [1.29, 1.82) is 0 Å². The van der Waals surface area contributed by atoms with Gasteiger partial charge in [-0.1, -0.05) is 12.1 Å². The fourth-order valence-corrected chi connectivity index (χ4v) is 5.64. The van der Waals surface area contributed by atoms with Crippen LogP contribution in [-0.2, 0) is 0 Å². The Morgan fingerprint density at radius 2 is 1.52 bits per heavy atom. The Bertz CT molecular complexity index is 664. The Morgan fingerprint density at radius 3 is 2.05 bits per heavy atom. The Kier molecular flexibility index (Phi) is 1.97. The van der Waals surface area contributed by atoms with Gasteiger partial charge in [-0.25, -0.2) is 0 Å². The van der Waals surface area contributed by atoms with E-state index in [1.54, 1.807) is 17.0 Å². The van der Waals surface area contributed by atoms with Gasteiger partial charge in [-0.2, -0.15) is 0 Å². The molecule has 4 bridgehead atoms. The van der Waals surface area contributed by atoms with Gasteiger partial charge >= 0.3 is 0 Å². The first kappa shape index (κ1) is 11.0. The summed E-state index contributed by atoms with van der Waals surface area (Å²) in [7, 11) is 0. The third kappa shape index (κ3) is 1.44. The first-order valence-corrected chi connectivity index (χ1v) is 7.98. The fourth-order valence-electron chi connectivity index (χ4n) is 5.64. The molecule has 3 heteroatoms. The zero-order chi connectivity index (χ0) is 15.1. The molecule has 0 spiro atoms. The average molecular weight is 282 g/mol. The predicted molar refractivity (Wildman–Crippen MR) is 77.8 cm³/mol. The number of rotatable bonds is 1. The van der Waals surface area contributed by atoms with Gasteiger partial charge in [0.15, 0.2) is 0 Å². The SMILES string of the molecule is [2H]C12CC3CC(C1)CC(N1C(=O)c4ccccc4C1=O)(C3)C2. The molecule has 4 fully saturated rings. The number of benzene rings is 1. The van der Waals surface area contributed by atoms with Gasteiger partial charge in [0.1, 0.15) is 0 Å². The first-order valence-electron chi connectivity index (χ1n) is 8.48. The molecule has 3 nitrogen and oxygen atoms in total. The molecule has 6 rings (SSSR count). The van der Waals surface area contributed by atoms with Crippen LogP contribution in [0.25, 0.3) is 0 Å². The molecule has 2 amide bonds. The normalized spacial score (nSPS) is 44.2. The molecule has 0 aromatic heterocycles. The van der Waals surface area contributed by atoms with Crippen LogP contribution in [0.5, 0.6) is 0 Å². The van der Waals surface area contributed by atoms with Crippen LogP contribution in [0, 0.1) is 17.7 Å². The molecule has 0 N–H and O–H groups in total. The summed E-state index contributed by atoms with van der Waals surface area (Å²) in [5.74, 6) is 0.350. The number of carbonyl (C=O) groups excluding carboxylic acids is 2. The van der Waals surface area contributed by atoms with Gasteiger partial charge in [0.05, 0.1) is 16.7 Å². The van der Waals surface area contributed by atoms with Crippen molar-refractivity contribution < 1.29 is 11.0 Å². The van der Waals surface area contributed by atoms with E-state index in [1.807, 2.05) is 12.1 Å². The van der Waals surface area contributed by atoms with Gasteiger partial charge in [-0.05, 0) is 68.4 Å². The molecule has 0 saturated heterocycles. The molecular weight excluding hydrogens is 262 g/mol.